The number of piperazine rings is 1. The molecule has 10 heteroatoms. The van der Waals surface area contributed by atoms with E-state index in [0.717, 1.165) is 16.1 Å². The van der Waals surface area contributed by atoms with Crippen LogP contribution in [0.2, 0.25) is 5.02 Å². The van der Waals surface area contributed by atoms with Gasteiger partial charge < -0.3 is 5.32 Å². The number of amides is 2. The van der Waals surface area contributed by atoms with Crippen LogP contribution in [0, 0.1) is 12.7 Å². The van der Waals surface area contributed by atoms with Crippen molar-refractivity contribution >= 4 is 39.1 Å². The number of carbonyl (C=O) groups excluding carboxylic acids is 2. The molecule has 1 aliphatic heterocycles. The number of carbonyl (C=O) groups is 2. The zero-order chi connectivity index (χ0) is 23.0. The molecule has 0 aliphatic carbocycles. The highest BCUT2D eigenvalue weighted by Gasteiger charge is 2.50. The molecular formula is C21H23ClFN3O4S. The van der Waals surface area contributed by atoms with Gasteiger partial charge in [-0.15, -0.1) is 0 Å². The van der Waals surface area contributed by atoms with E-state index in [1.807, 2.05) is 6.92 Å². The molecule has 0 spiro atoms. The minimum atomic E-state index is -3.72. The Labute approximate surface area is 185 Å². The molecule has 0 radical (unpaired) electrons. The summed E-state index contributed by atoms with van der Waals surface area (Å²) in [5.74, 6) is -1.49. The van der Waals surface area contributed by atoms with Crippen LogP contribution in [-0.4, -0.2) is 49.4 Å². The van der Waals surface area contributed by atoms with Gasteiger partial charge in [0, 0.05) is 23.8 Å². The van der Waals surface area contributed by atoms with Gasteiger partial charge in [0.05, 0.1) is 12.8 Å². The molecule has 1 aliphatic rings. The van der Waals surface area contributed by atoms with Crippen molar-refractivity contribution in [2.24, 2.45) is 0 Å². The SMILES string of the molecule is Cc1ccc(N2C(=O)CN(S(C)(=O)=O)C[C@]2(C)C(=O)NCc2ccc(F)cc2)cc1Cl. The summed E-state index contributed by atoms with van der Waals surface area (Å²) in [5, 5.41) is 3.16. The molecule has 1 fully saturated rings. The molecule has 2 aromatic carbocycles. The molecule has 0 unspecified atom stereocenters. The van der Waals surface area contributed by atoms with Crippen LogP contribution in [0.15, 0.2) is 42.5 Å². The van der Waals surface area contributed by atoms with Gasteiger partial charge in [-0.25, -0.2) is 12.8 Å². The average Bonchev–Trinajstić information content (AvgIpc) is 2.68. The fourth-order valence-corrected chi connectivity index (χ4v) is 4.51. The first-order chi connectivity index (χ1) is 14.4. The van der Waals surface area contributed by atoms with Crippen molar-refractivity contribution in [1.82, 2.24) is 9.62 Å². The van der Waals surface area contributed by atoms with E-state index in [4.69, 9.17) is 11.6 Å². The number of rotatable bonds is 5. The lowest BCUT2D eigenvalue weighted by Crippen LogP contribution is -2.70. The summed E-state index contributed by atoms with van der Waals surface area (Å²) < 4.78 is 38.4. The van der Waals surface area contributed by atoms with Gasteiger partial charge in [0.25, 0.3) is 0 Å². The van der Waals surface area contributed by atoms with E-state index in [1.165, 1.54) is 36.1 Å². The maximum atomic E-state index is 13.3. The smallest absolute Gasteiger partial charge is 0.247 e. The molecule has 0 bridgehead atoms. The van der Waals surface area contributed by atoms with Gasteiger partial charge >= 0.3 is 0 Å². The number of anilines is 1. The van der Waals surface area contributed by atoms with Crippen molar-refractivity contribution in [3.8, 4) is 0 Å². The molecule has 166 valence electrons. The van der Waals surface area contributed by atoms with Crippen LogP contribution in [0.3, 0.4) is 0 Å². The van der Waals surface area contributed by atoms with Gasteiger partial charge in [0.1, 0.15) is 11.4 Å². The van der Waals surface area contributed by atoms with Crippen LogP contribution in [0.4, 0.5) is 10.1 Å². The van der Waals surface area contributed by atoms with Crippen molar-refractivity contribution in [2.75, 3.05) is 24.2 Å². The lowest BCUT2D eigenvalue weighted by atomic mass is 9.94. The summed E-state index contributed by atoms with van der Waals surface area (Å²) in [7, 11) is -3.72. The maximum Gasteiger partial charge on any atom is 0.247 e. The highest BCUT2D eigenvalue weighted by Crippen LogP contribution is 2.33. The van der Waals surface area contributed by atoms with Crippen LogP contribution in [-0.2, 0) is 26.2 Å². The molecule has 2 amide bonds. The van der Waals surface area contributed by atoms with Crippen LogP contribution >= 0.6 is 11.6 Å². The second-order valence-corrected chi connectivity index (χ2v) is 10.2. The number of hydrogen-bond donors (Lipinski definition) is 1. The number of hydrogen-bond acceptors (Lipinski definition) is 4. The zero-order valence-electron chi connectivity index (χ0n) is 17.4. The predicted octanol–water partition coefficient (Wildman–Crippen LogP) is 2.47. The number of halogens is 2. The fraction of sp³-hybridized carbons (Fsp3) is 0.333. The molecule has 1 N–H and O–H groups in total. The molecule has 0 aromatic heterocycles. The summed E-state index contributed by atoms with van der Waals surface area (Å²) in [6.07, 6.45) is 0.996. The first kappa shape index (κ1) is 23.2. The van der Waals surface area contributed by atoms with Crippen molar-refractivity contribution in [1.29, 1.82) is 0 Å². The zero-order valence-corrected chi connectivity index (χ0v) is 18.9. The molecule has 1 heterocycles. The third kappa shape index (κ3) is 4.89. The second-order valence-electron chi connectivity index (χ2n) is 7.78. The Bertz CT molecular complexity index is 1120. The van der Waals surface area contributed by atoms with Gasteiger partial charge in [0.15, 0.2) is 0 Å². The highest BCUT2D eigenvalue weighted by atomic mass is 35.5. The number of nitrogens with one attached hydrogen (secondary N) is 1. The number of sulfonamides is 1. The van der Waals surface area contributed by atoms with Crippen molar-refractivity contribution in [2.45, 2.75) is 25.9 Å². The summed E-state index contributed by atoms with van der Waals surface area (Å²) in [6, 6.07) is 10.6. The van der Waals surface area contributed by atoms with Gasteiger partial charge in [-0.3, -0.25) is 14.5 Å². The van der Waals surface area contributed by atoms with E-state index in [-0.39, 0.29) is 19.6 Å². The largest absolute Gasteiger partial charge is 0.350 e. The highest BCUT2D eigenvalue weighted by molar-refractivity contribution is 7.88. The second kappa shape index (κ2) is 8.57. The third-order valence-corrected chi connectivity index (χ3v) is 6.88. The van der Waals surface area contributed by atoms with E-state index >= 15 is 0 Å². The van der Waals surface area contributed by atoms with E-state index in [2.05, 4.69) is 5.32 Å². The molecule has 0 saturated carbocycles. The summed E-state index contributed by atoms with van der Waals surface area (Å²) in [6.45, 7) is 2.80. The van der Waals surface area contributed by atoms with Crippen LogP contribution in [0.5, 0.6) is 0 Å². The van der Waals surface area contributed by atoms with Gasteiger partial charge in [-0.05, 0) is 49.2 Å². The van der Waals surface area contributed by atoms with Crippen LogP contribution in [0.1, 0.15) is 18.1 Å². The number of nitrogens with zero attached hydrogens (tertiary/aromatic N) is 2. The quantitative estimate of drug-likeness (QED) is 0.731. The molecule has 1 saturated heterocycles. The Morgan fingerprint density at radius 1 is 1.23 bits per heavy atom. The van der Waals surface area contributed by atoms with E-state index < -0.39 is 33.2 Å². The Hall–Kier alpha value is -2.49. The van der Waals surface area contributed by atoms with E-state index in [9.17, 15) is 22.4 Å². The topological polar surface area (TPSA) is 86.8 Å². The van der Waals surface area contributed by atoms with Crippen molar-refractivity contribution in [3.05, 3.63) is 64.4 Å². The Morgan fingerprint density at radius 2 is 1.87 bits per heavy atom. The Morgan fingerprint density at radius 3 is 2.45 bits per heavy atom. The predicted molar refractivity (Wildman–Crippen MR) is 117 cm³/mol. The summed E-state index contributed by atoms with van der Waals surface area (Å²) in [5.41, 5.74) is 0.325. The van der Waals surface area contributed by atoms with Crippen molar-refractivity contribution in [3.63, 3.8) is 0 Å². The molecule has 31 heavy (non-hydrogen) atoms. The molecule has 2 aromatic rings. The molecule has 7 nitrogen and oxygen atoms in total. The number of aryl methyl sites for hydroxylation is 1. The molecule has 1 atom stereocenters. The van der Waals surface area contributed by atoms with Crippen LogP contribution < -0.4 is 10.2 Å². The normalized spacial score (nSPS) is 20.0. The van der Waals surface area contributed by atoms with Gasteiger partial charge in [0.2, 0.25) is 21.8 Å². The lowest BCUT2D eigenvalue weighted by Gasteiger charge is -2.46. The summed E-state index contributed by atoms with van der Waals surface area (Å²) >= 11 is 6.23. The monoisotopic (exact) mass is 467 g/mol. The first-order valence-corrected chi connectivity index (χ1v) is 11.7. The average molecular weight is 468 g/mol. The maximum absolute atomic E-state index is 13.3. The standard InChI is InChI=1S/C21H23ClFN3O4S/c1-14-4-9-17(10-18(14)22)26-19(27)12-25(31(3,29)30)13-21(26,2)20(28)24-11-15-5-7-16(23)8-6-15/h4-10H,11-13H2,1-3H3,(H,24,28)/t21-/m1/s1. The van der Waals surface area contributed by atoms with Crippen LogP contribution in [0.25, 0.3) is 0 Å². The Kier molecular flexibility index (Phi) is 6.40. The van der Waals surface area contributed by atoms with Crippen molar-refractivity contribution < 1.29 is 22.4 Å². The lowest BCUT2D eigenvalue weighted by molar-refractivity contribution is -0.133. The van der Waals surface area contributed by atoms with E-state index in [0.29, 0.717) is 16.3 Å². The third-order valence-electron chi connectivity index (χ3n) is 5.28. The molecule has 3 rings (SSSR count). The first-order valence-electron chi connectivity index (χ1n) is 9.49. The van der Waals surface area contributed by atoms with Gasteiger partial charge in [-0.2, -0.15) is 4.31 Å². The molecular weight excluding hydrogens is 445 g/mol. The summed E-state index contributed by atoms with van der Waals surface area (Å²) in [4.78, 5) is 27.6. The van der Waals surface area contributed by atoms with Gasteiger partial charge in [-0.1, -0.05) is 29.8 Å². The number of benzene rings is 2. The fourth-order valence-electron chi connectivity index (χ4n) is 3.50. The Balaban J connectivity index is 1.97. The minimum absolute atomic E-state index is 0.0876. The van der Waals surface area contributed by atoms with E-state index in [1.54, 1.807) is 18.2 Å². The minimum Gasteiger partial charge on any atom is -0.350 e.